The molecule has 0 radical (unpaired) electrons. The van der Waals surface area contributed by atoms with Gasteiger partial charge in [0.1, 0.15) is 11.9 Å². The molecule has 0 saturated heterocycles. The first-order chi connectivity index (χ1) is 16.9. The average Bonchev–Trinajstić information content (AvgIpc) is 3.20. The molecule has 2 aromatic carbocycles. The Morgan fingerprint density at radius 1 is 1.17 bits per heavy atom. The lowest BCUT2D eigenvalue weighted by atomic mass is 9.89. The third kappa shape index (κ3) is 7.41. The van der Waals surface area contributed by atoms with Crippen LogP contribution in [0.2, 0.25) is 0 Å². The van der Waals surface area contributed by atoms with Gasteiger partial charge in [0.15, 0.2) is 5.54 Å². The van der Waals surface area contributed by atoms with E-state index in [0.29, 0.717) is 37.6 Å². The molecular weight excluding hydrogens is 442 g/mol. The van der Waals surface area contributed by atoms with Crippen molar-refractivity contribution in [2.45, 2.75) is 37.8 Å². The first-order valence-electron chi connectivity index (χ1n) is 12.2. The molecule has 0 fully saturated rings. The quantitative estimate of drug-likeness (QED) is 0.430. The summed E-state index contributed by atoms with van der Waals surface area (Å²) in [6.07, 6.45) is 5.45. The first kappa shape index (κ1) is 26.4. The minimum Gasteiger partial charge on any atom is -0.494 e. The van der Waals surface area contributed by atoms with Crippen molar-refractivity contribution >= 4 is 17.9 Å². The number of nitrogens with zero attached hydrogens (tertiary/aromatic N) is 2. The molecule has 3 rings (SSSR count). The fourth-order valence-electron chi connectivity index (χ4n) is 3.87. The largest absolute Gasteiger partial charge is 0.494 e. The van der Waals surface area contributed by atoms with Crippen LogP contribution in [-0.4, -0.2) is 73.9 Å². The van der Waals surface area contributed by atoms with Gasteiger partial charge in [-0.2, -0.15) is 0 Å². The van der Waals surface area contributed by atoms with Crippen molar-refractivity contribution in [2.75, 3.05) is 40.4 Å². The Kier molecular flexibility index (Phi) is 9.87. The maximum Gasteiger partial charge on any atom is 0.252 e. The Hall–Kier alpha value is -3.16. The van der Waals surface area contributed by atoms with E-state index in [1.54, 1.807) is 0 Å². The second-order valence-electron chi connectivity index (χ2n) is 8.98. The highest BCUT2D eigenvalue weighted by atomic mass is 16.5. The molecule has 0 aromatic heterocycles. The summed E-state index contributed by atoms with van der Waals surface area (Å²) in [5.41, 5.74) is 0.817. The second kappa shape index (κ2) is 13.1. The van der Waals surface area contributed by atoms with E-state index < -0.39 is 11.6 Å². The summed E-state index contributed by atoms with van der Waals surface area (Å²) in [7, 11) is 4.04. The molecule has 0 unspecified atom stereocenters. The van der Waals surface area contributed by atoms with Crippen LogP contribution in [0.5, 0.6) is 5.75 Å². The molecule has 2 atom stereocenters. The fraction of sp³-hybridized carbons (Fsp3) is 0.429. The van der Waals surface area contributed by atoms with Crippen molar-refractivity contribution in [3.8, 4) is 5.75 Å². The molecule has 2 N–H and O–H groups in total. The number of amides is 1. The molecule has 0 aliphatic carbocycles. The third-order valence-corrected chi connectivity index (χ3v) is 5.93. The number of aliphatic hydroxyl groups is 1. The molecule has 1 aliphatic heterocycles. The number of carbonyl (C=O) groups excluding carboxylic acids is 1. The van der Waals surface area contributed by atoms with Gasteiger partial charge >= 0.3 is 0 Å². The molecule has 7 nitrogen and oxygen atoms in total. The highest BCUT2D eigenvalue weighted by Crippen LogP contribution is 2.33. The number of aliphatic imine (C=N–C) groups is 1. The van der Waals surface area contributed by atoms with Crippen molar-refractivity contribution in [3.05, 3.63) is 71.8 Å². The number of nitrogens with one attached hydrogen (secondary N) is 1. The molecule has 35 heavy (non-hydrogen) atoms. The number of rotatable bonds is 13. The lowest BCUT2D eigenvalue weighted by molar-refractivity contribution is -0.128. The van der Waals surface area contributed by atoms with Gasteiger partial charge in [-0.1, -0.05) is 42.5 Å². The number of hydrogen-bond acceptors (Lipinski definition) is 6. The standard InChI is InChI=1S/C28H37N3O4/c1-22-28(27(33)29-18-8-19-31(2)3,17-7-12-23-10-5-4-6-11-23)30-26(35-22)24-13-15-25(16-14-24)34-21-9-20-32/h4-7,10-16,22,32H,8-9,17-21H2,1-3H3,(H,29,33)/b12-7+/t22-,28-/m1/s1. The van der Waals surface area contributed by atoms with E-state index in [9.17, 15) is 4.79 Å². The highest BCUT2D eigenvalue weighted by Gasteiger charge is 2.49. The Morgan fingerprint density at radius 3 is 2.60 bits per heavy atom. The van der Waals surface area contributed by atoms with E-state index in [-0.39, 0.29) is 12.5 Å². The van der Waals surface area contributed by atoms with Crippen molar-refractivity contribution in [1.29, 1.82) is 0 Å². The van der Waals surface area contributed by atoms with Crippen molar-refractivity contribution in [2.24, 2.45) is 4.99 Å². The maximum atomic E-state index is 13.5. The molecule has 0 spiro atoms. The molecule has 0 bridgehead atoms. The van der Waals surface area contributed by atoms with E-state index >= 15 is 0 Å². The van der Waals surface area contributed by atoms with Crippen LogP contribution in [0.1, 0.15) is 37.3 Å². The zero-order chi connectivity index (χ0) is 25.1. The van der Waals surface area contributed by atoms with Crippen LogP contribution in [0.15, 0.2) is 65.7 Å². The third-order valence-electron chi connectivity index (χ3n) is 5.93. The molecule has 7 heteroatoms. The Labute approximate surface area is 208 Å². The maximum absolute atomic E-state index is 13.5. The van der Waals surface area contributed by atoms with Crippen LogP contribution < -0.4 is 10.1 Å². The van der Waals surface area contributed by atoms with Gasteiger partial charge in [0.05, 0.1) is 6.61 Å². The van der Waals surface area contributed by atoms with E-state index in [0.717, 1.165) is 24.1 Å². The van der Waals surface area contributed by atoms with Crippen LogP contribution in [0.3, 0.4) is 0 Å². The van der Waals surface area contributed by atoms with E-state index in [1.165, 1.54) is 0 Å². The summed E-state index contributed by atoms with van der Waals surface area (Å²) in [6.45, 7) is 3.93. The van der Waals surface area contributed by atoms with Gasteiger partial charge in [0.2, 0.25) is 5.90 Å². The summed E-state index contributed by atoms with van der Waals surface area (Å²) in [5.74, 6) is 1.04. The number of benzene rings is 2. The smallest absolute Gasteiger partial charge is 0.252 e. The van der Waals surface area contributed by atoms with E-state index in [2.05, 4.69) is 10.2 Å². The van der Waals surface area contributed by atoms with Crippen molar-refractivity contribution in [1.82, 2.24) is 10.2 Å². The van der Waals surface area contributed by atoms with Gasteiger partial charge in [-0.3, -0.25) is 4.79 Å². The van der Waals surface area contributed by atoms with Gasteiger partial charge < -0.3 is 24.8 Å². The minimum absolute atomic E-state index is 0.0959. The number of ether oxygens (including phenoxy) is 2. The predicted molar refractivity (Wildman–Crippen MR) is 140 cm³/mol. The van der Waals surface area contributed by atoms with Gasteiger partial charge in [-0.15, -0.1) is 0 Å². The summed E-state index contributed by atoms with van der Waals surface area (Å²) in [6, 6.07) is 17.5. The molecule has 0 saturated carbocycles. The predicted octanol–water partition coefficient (Wildman–Crippen LogP) is 3.52. The number of hydrogen-bond donors (Lipinski definition) is 2. The zero-order valence-corrected chi connectivity index (χ0v) is 20.9. The lowest BCUT2D eigenvalue weighted by Gasteiger charge is -2.27. The van der Waals surface area contributed by atoms with Crippen LogP contribution in [0.25, 0.3) is 6.08 Å². The monoisotopic (exact) mass is 479 g/mol. The summed E-state index contributed by atoms with van der Waals surface area (Å²) < 4.78 is 11.8. The topological polar surface area (TPSA) is 83.4 Å². The second-order valence-corrected chi connectivity index (χ2v) is 8.98. The van der Waals surface area contributed by atoms with Gasteiger partial charge in [-0.05, 0) is 63.8 Å². The van der Waals surface area contributed by atoms with Gasteiger partial charge in [0.25, 0.3) is 5.91 Å². The molecule has 1 heterocycles. The SMILES string of the molecule is C[C@H]1OC(c2ccc(OCCCO)cc2)=N[C@@]1(C/C=C/c1ccccc1)C(=O)NCCCN(C)C. The minimum atomic E-state index is -1.05. The Balaban J connectivity index is 1.79. The number of carbonyl (C=O) groups is 1. The number of aliphatic hydroxyl groups excluding tert-OH is 1. The molecule has 2 aromatic rings. The van der Waals surface area contributed by atoms with Crippen LogP contribution in [-0.2, 0) is 9.53 Å². The first-order valence-corrected chi connectivity index (χ1v) is 12.2. The van der Waals surface area contributed by atoms with E-state index in [1.807, 2.05) is 87.8 Å². The Bertz CT molecular complexity index is 989. The average molecular weight is 480 g/mol. The summed E-state index contributed by atoms with van der Waals surface area (Å²) in [4.78, 5) is 20.4. The summed E-state index contributed by atoms with van der Waals surface area (Å²) in [5, 5.41) is 12.0. The summed E-state index contributed by atoms with van der Waals surface area (Å²) >= 11 is 0. The Morgan fingerprint density at radius 2 is 1.91 bits per heavy atom. The molecule has 1 aliphatic rings. The normalized spacial score (nSPS) is 19.6. The zero-order valence-electron chi connectivity index (χ0n) is 20.9. The lowest BCUT2D eigenvalue weighted by Crippen LogP contribution is -2.51. The van der Waals surface area contributed by atoms with Crippen LogP contribution >= 0.6 is 0 Å². The van der Waals surface area contributed by atoms with Gasteiger partial charge in [-0.25, -0.2) is 4.99 Å². The molecule has 188 valence electrons. The van der Waals surface area contributed by atoms with Crippen molar-refractivity contribution < 1.29 is 19.4 Å². The van der Waals surface area contributed by atoms with Crippen LogP contribution in [0.4, 0.5) is 0 Å². The fourth-order valence-corrected chi connectivity index (χ4v) is 3.87. The van der Waals surface area contributed by atoms with E-state index in [4.69, 9.17) is 19.6 Å². The highest BCUT2D eigenvalue weighted by molar-refractivity contribution is 6.00. The van der Waals surface area contributed by atoms with Crippen LogP contribution in [0, 0.1) is 0 Å². The molecular formula is C28H37N3O4. The molecule has 1 amide bonds. The van der Waals surface area contributed by atoms with Crippen molar-refractivity contribution in [3.63, 3.8) is 0 Å². The van der Waals surface area contributed by atoms with Gasteiger partial charge in [0, 0.05) is 31.6 Å².